The molecule has 98 valence electrons. The van der Waals surface area contributed by atoms with Crippen molar-refractivity contribution in [1.82, 2.24) is 0 Å². The van der Waals surface area contributed by atoms with Crippen LogP contribution < -0.4 is 4.74 Å². The summed E-state index contributed by atoms with van der Waals surface area (Å²) in [5, 5.41) is 19.9. The highest BCUT2D eigenvalue weighted by atomic mass is 16.6. The summed E-state index contributed by atoms with van der Waals surface area (Å²) in [6, 6.07) is 4.48. The molecule has 0 heterocycles. The highest BCUT2D eigenvalue weighted by molar-refractivity contribution is 5.48. The largest absolute Gasteiger partial charge is 0.487 e. The Morgan fingerprint density at radius 1 is 1.39 bits per heavy atom. The maximum absolute atomic E-state index is 10.9. The SMILES string of the molecule is O=[N+]([O-])c1ccc(CO)cc1OCC1CCCC1. The van der Waals surface area contributed by atoms with Gasteiger partial charge in [-0.15, -0.1) is 0 Å². The predicted octanol–water partition coefficient (Wildman–Crippen LogP) is 2.66. The normalized spacial score (nSPS) is 15.8. The summed E-state index contributed by atoms with van der Waals surface area (Å²) in [6.45, 7) is 0.382. The van der Waals surface area contributed by atoms with Gasteiger partial charge in [-0.1, -0.05) is 12.8 Å². The summed E-state index contributed by atoms with van der Waals surface area (Å²) < 4.78 is 5.57. The van der Waals surface area contributed by atoms with Gasteiger partial charge in [-0.3, -0.25) is 10.1 Å². The molecule has 1 aromatic rings. The number of ether oxygens (including phenoxy) is 1. The molecule has 0 spiro atoms. The molecule has 0 atom stereocenters. The standard InChI is InChI=1S/C13H17NO4/c15-8-11-5-6-12(14(16)17)13(7-11)18-9-10-3-1-2-4-10/h5-7,10,15H,1-4,8-9H2. The van der Waals surface area contributed by atoms with Crippen LogP contribution in [0.2, 0.25) is 0 Å². The second kappa shape index (κ2) is 5.82. The van der Waals surface area contributed by atoms with E-state index in [0.717, 1.165) is 12.8 Å². The Morgan fingerprint density at radius 2 is 2.11 bits per heavy atom. The summed E-state index contributed by atoms with van der Waals surface area (Å²) in [7, 11) is 0. The summed E-state index contributed by atoms with van der Waals surface area (Å²) in [6.07, 6.45) is 4.70. The average Bonchev–Trinajstić information content (AvgIpc) is 2.88. The zero-order valence-corrected chi connectivity index (χ0v) is 10.2. The molecule has 18 heavy (non-hydrogen) atoms. The van der Waals surface area contributed by atoms with Crippen molar-refractivity contribution >= 4 is 5.69 Å². The molecular weight excluding hydrogens is 234 g/mol. The van der Waals surface area contributed by atoms with Crippen LogP contribution in [0.3, 0.4) is 0 Å². The average molecular weight is 251 g/mol. The number of hydrogen-bond donors (Lipinski definition) is 1. The van der Waals surface area contributed by atoms with Crippen LogP contribution >= 0.6 is 0 Å². The number of nitro benzene ring substituents is 1. The second-order valence-corrected chi connectivity index (χ2v) is 4.68. The molecule has 0 amide bonds. The Bertz CT molecular complexity index is 427. The number of aliphatic hydroxyl groups excluding tert-OH is 1. The van der Waals surface area contributed by atoms with Crippen molar-refractivity contribution in [2.45, 2.75) is 32.3 Å². The molecule has 0 aromatic heterocycles. The van der Waals surface area contributed by atoms with Crippen molar-refractivity contribution < 1.29 is 14.8 Å². The number of nitrogens with zero attached hydrogens (tertiary/aromatic N) is 1. The smallest absolute Gasteiger partial charge is 0.310 e. The number of rotatable bonds is 5. The van der Waals surface area contributed by atoms with E-state index in [0.29, 0.717) is 18.1 Å². The van der Waals surface area contributed by atoms with Crippen LogP contribution in [0.1, 0.15) is 31.2 Å². The van der Waals surface area contributed by atoms with Crippen LogP contribution in [0, 0.1) is 16.0 Å². The van der Waals surface area contributed by atoms with E-state index in [1.807, 2.05) is 0 Å². The molecule has 1 aliphatic carbocycles. The summed E-state index contributed by atoms with van der Waals surface area (Å²) in [5.41, 5.74) is 0.590. The number of benzene rings is 1. The van der Waals surface area contributed by atoms with Gasteiger partial charge in [0.2, 0.25) is 0 Å². The molecule has 5 heteroatoms. The monoisotopic (exact) mass is 251 g/mol. The highest BCUT2D eigenvalue weighted by Gasteiger charge is 2.19. The Kier molecular flexibility index (Phi) is 4.15. The first-order chi connectivity index (χ1) is 8.70. The summed E-state index contributed by atoms with van der Waals surface area (Å²) >= 11 is 0. The fourth-order valence-corrected chi connectivity index (χ4v) is 2.31. The third kappa shape index (κ3) is 2.98. The van der Waals surface area contributed by atoms with Crippen LogP contribution in [0.5, 0.6) is 5.75 Å². The summed E-state index contributed by atoms with van der Waals surface area (Å²) in [4.78, 5) is 10.4. The van der Waals surface area contributed by atoms with E-state index in [2.05, 4.69) is 0 Å². The Balaban J connectivity index is 2.10. The molecular formula is C13H17NO4. The van der Waals surface area contributed by atoms with Gasteiger partial charge in [-0.2, -0.15) is 0 Å². The molecule has 1 saturated carbocycles. The van der Waals surface area contributed by atoms with Crippen LogP contribution in [-0.2, 0) is 6.61 Å². The molecule has 5 nitrogen and oxygen atoms in total. The van der Waals surface area contributed by atoms with Crippen molar-refractivity contribution in [3.05, 3.63) is 33.9 Å². The van der Waals surface area contributed by atoms with Gasteiger partial charge in [-0.05, 0) is 36.5 Å². The van der Waals surface area contributed by atoms with E-state index in [1.54, 1.807) is 12.1 Å². The zero-order valence-electron chi connectivity index (χ0n) is 10.2. The van der Waals surface area contributed by atoms with E-state index in [1.165, 1.54) is 18.9 Å². The van der Waals surface area contributed by atoms with Crippen molar-refractivity contribution in [3.63, 3.8) is 0 Å². The fraction of sp³-hybridized carbons (Fsp3) is 0.538. The first-order valence-electron chi connectivity index (χ1n) is 6.21. The van der Waals surface area contributed by atoms with Crippen LogP contribution in [0.4, 0.5) is 5.69 Å². The highest BCUT2D eigenvalue weighted by Crippen LogP contribution is 2.31. The molecule has 2 rings (SSSR count). The maximum atomic E-state index is 10.9. The quantitative estimate of drug-likeness (QED) is 0.645. The van der Waals surface area contributed by atoms with E-state index < -0.39 is 4.92 Å². The van der Waals surface area contributed by atoms with E-state index in [4.69, 9.17) is 9.84 Å². The predicted molar refractivity (Wildman–Crippen MR) is 66.5 cm³/mol. The van der Waals surface area contributed by atoms with Gasteiger partial charge in [0.25, 0.3) is 0 Å². The topological polar surface area (TPSA) is 72.6 Å². The lowest BCUT2D eigenvalue weighted by atomic mass is 10.1. The Labute approximate surface area is 106 Å². The molecule has 1 aromatic carbocycles. The molecule has 1 N–H and O–H groups in total. The van der Waals surface area contributed by atoms with Crippen molar-refractivity contribution in [2.75, 3.05) is 6.61 Å². The van der Waals surface area contributed by atoms with Gasteiger partial charge >= 0.3 is 5.69 Å². The van der Waals surface area contributed by atoms with Gasteiger partial charge in [0.15, 0.2) is 5.75 Å². The molecule has 0 saturated heterocycles. The molecule has 0 aliphatic heterocycles. The first kappa shape index (κ1) is 12.8. The van der Waals surface area contributed by atoms with E-state index in [9.17, 15) is 10.1 Å². The van der Waals surface area contributed by atoms with Gasteiger partial charge in [0, 0.05) is 6.07 Å². The third-order valence-corrected chi connectivity index (χ3v) is 3.35. The van der Waals surface area contributed by atoms with Gasteiger partial charge in [0.05, 0.1) is 18.1 Å². The minimum atomic E-state index is -0.453. The lowest BCUT2D eigenvalue weighted by Crippen LogP contribution is -2.09. The minimum Gasteiger partial charge on any atom is -0.487 e. The molecule has 1 aliphatic rings. The Hall–Kier alpha value is -1.62. The lowest BCUT2D eigenvalue weighted by molar-refractivity contribution is -0.385. The zero-order chi connectivity index (χ0) is 13.0. The number of hydrogen-bond acceptors (Lipinski definition) is 4. The first-order valence-corrected chi connectivity index (χ1v) is 6.21. The van der Waals surface area contributed by atoms with Crippen LogP contribution in [0.15, 0.2) is 18.2 Å². The minimum absolute atomic E-state index is 0.0369. The van der Waals surface area contributed by atoms with Gasteiger partial charge in [-0.25, -0.2) is 0 Å². The third-order valence-electron chi connectivity index (χ3n) is 3.35. The Morgan fingerprint density at radius 3 is 2.72 bits per heavy atom. The van der Waals surface area contributed by atoms with Crippen molar-refractivity contribution in [2.24, 2.45) is 5.92 Å². The summed E-state index contributed by atoms with van der Waals surface area (Å²) in [5.74, 6) is 0.765. The molecule has 0 bridgehead atoms. The van der Waals surface area contributed by atoms with Gasteiger partial charge in [0.1, 0.15) is 0 Å². The van der Waals surface area contributed by atoms with Gasteiger partial charge < -0.3 is 9.84 Å². The van der Waals surface area contributed by atoms with Crippen LogP contribution in [0.25, 0.3) is 0 Å². The molecule has 0 unspecified atom stereocenters. The lowest BCUT2D eigenvalue weighted by Gasteiger charge is -2.12. The second-order valence-electron chi connectivity index (χ2n) is 4.68. The fourth-order valence-electron chi connectivity index (χ4n) is 2.31. The maximum Gasteiger partial charge on any atom is 0.310 e. The molecule has 1 fully saturated rings. The number of nitro groups is 1. The van der Waals surface area contributed by atoms with E-state index in [-0.39, 0.29) is 18.0 Å². The molecule has 0 radical (unpaired) electrons. The number of aliphatic hydroxyl groups is 1. The van der Waals surface area contributed by atoms with E-state index >= 15 is 0 Å². The van der Waals surface area contributed by atoms with Crippen molar-refractivity contribution in [1.29, 1.82) is 0 Å². The van der Waals surface area contributed by atoms with Crippen molar-refractivity contribution in [3.8, 4) is 5.75 Å². The van der Waals surface area contributed by atoms with Crippen LogP contribution in [-0.4, -0.2) is 16.6 Å².